The second-order valence-electron chi connectivity index (χ2n) is 8.06. The third-order valence-corrected chi connectivity index (χ3v) is 6.59. The fraction of sp³-hybridized carbons (Fsp3) is 0.550. The van der Waals surface area contributed by atoms with Crippen LogP contribution >= 0.6 is 11.8 Å². The monoisotopic (exact) mass is 422 g/mol. The fourth-order valence-corrected chi connectivity index (χ4v) is 4.87. The van der Waals surface area contributed by atoms with Crippen LogP contribution in [0.2, 0.25) is 0 Å². The number of fused-ring (bicyclic) bond motifs is 1. The SMILES string of the molecule is CC(C)COC(=O)C1(O)N2C(=O)[C@@H](NC(=O)Cc3ccccc3)[C@H]2SCC1(C)O. The van der Waals surface area contributed by atoms with E-state index in [9.17, 15) is 24.6 Å². The lowest BCUT2D eigenvalue weighted by molar-refractivity contribution is -0.252. The summed E-state index contributed by atoms with van der Waals surface area (Å²) in [6.45, 7) is 5.01. The first-order valence-corrected chi connectivity index (χ1v) is 10.5. The Balaban J connectivity index is 1.72. The molecule has 1 aromatic rings. The Bertz CT molecular complexity index is 799. The molecular weight excluding hydrogens is 396 g/mol. The van der Waals surface area contributed by atoms with Gasteiger partial charge in [0.05, 0.1) is 13.0 Å². The van der Waals surface area contributed by atoms with Crippen LogP contribution < -0.4 is 5.32 Å². The van der Waals surface area contributed by atoms with E-state index in [0.717, 1.165) is 10.5 Å². The molecule has 9 heteroatoms. The maximum atomic E-state index is 12.7. The summed E-state index contributed by atoms with van der Waals surface area (Å²) in [6.07, 6.45) is 0.112. The van der Waals surface area contributed by atoms with Gasteiger partial charge in [-0.3, -0.25) is 14.5 Å². The van der Waals surface area contributed by atoms with E-state index < -0.39 is 34.6 Å². The lowest BCUT2D eigenvalue weighted by Crippen LogP contribution is -2.85. The first-order valence-electron chi connectivity index (χ1n) is 9.48. The number of nitrogens with zero attached hydrogens (tertiary/aromatic N) is 1. The van der Waals surface area contributed by atoms with Gasteiger partial charge in [0.25, 0.3) is 11.6 Å². The minimum Gasteiger partial charge on any atom is -0.462 e. The molecule has 1 aromatic carbocycles. The highest BCUT2D eigenvalue weighted by molar-refractivity contribution is 8.00. The van der Waals surface area contributed by atoms with E-state index >= 15 is 0 Å². The van der Waals surface area contributed by atoms with E-state index in [1.807, 2.05) is 44.2 Å². The molecule has 0 radical (unpaired) electrons. The van der Waals surface area contributed by atoms with Crippen LogP contribution in [0.1, 0.15) is 26.3 Å². The zero-order valence-electron chi connectivity index (χ0n) is 16.6. The second-order valence-corrected chi connectivity index (χ2v) is 9.16. The smallest absolute Gasteiger partial charge is 0.363 e. The zero-order valence-corrected chi connectivity index (χ0v) is 17.4. The molecule has 3 N–H and O–H groups in total. The van der Waals surface area contributed by atoms with Gasteiger partial charge in [-0.2, -0.15) is 0 Å². The molecule has 2 aliphatic heterocycles. The summed E-state index contributed by atoms with van der Waals surface area (Å²) in [7, 11) is 0. The number of rotatable bonds is 6. The third-order valence-electron chi connectivity index (χ3n) is 5.03. The Morgan fingerprint density at radius 1 is 1.31 bits per heavy atom. The molecule has 3 rings (SSSR count). The number of thioether (sulfide) groups is 1. The molecule has 4 atom stereocenters. The van der Waals surface area contributed by atoms with Crippen LogP contribution in [-0.4, -0.2) is 68.0 Å². The number of esters is 1. The van der Waals surface area contributed by atoms with Gasteiger partial charge >= 0.3 is 5.97 Å². The normalized spacial score (nSPS) is 31.1. The van der Waals surface area contributed by atoms with Crippen molar-refractivity contribution >= 4 is 29.5 Å². The summed E-state index contributed by atoms with van der Waals surface area (Å²) in [5.74, 6) is -2.01. The Hall–Kier alpha value is -2.10. The number of carbonyl (C=O) groups is 3. The van der Waals surface area contributed by atoms with Crippen LogP contribution in [0.15, 0.2) is 30.3 Å². The van der Waals surface area contributed by atoms with Gasteiger partial charge in [0.1, 0.15) is 17.0 Å². The number of β-lactam (4-membered cyclic amide) rings is 1. The van der Waals surface area contributed by atoms with Crippen LogP contribution in [0.5, 0.6) is 0 Å². The molecule has 0 aliphatic carbocycles. The molecule has 2 heterocycles. The summed E-state index contributed by atoms with van der Waals surface area (Å²) >= 11 is 1.20. The molecule has 158 valence electrons. The summed E-state index contributed by atoms with van der Waals surface area (Å²) < 4.78 is 5.14. The van der Waals surface area contributed by atoms with Crippen molar-refractivity contribution in [2.24, 2.45) is 5.92 Å². The summed E-state index contributed by atoms with van der Waals surface area (Å²) in [5, 5.41) is 23.8. The number of aliphatic hydroxyl groups is 2. The van der Waals surface area contributed by atoms with Crippen molar-refractivity contribution in [3.8, 4) is 0 Å². The molecule has 0 aromatic heterocycles. The third kappa shape index (κ3) is 3.86. The first-order chi connectivity index (χ1) is 13.6. The first kappa shape index (κ1) is 21.6. The van der Waals surface area contributed by atoms with Crippen molar-refractivity contribution in [3.05, 3.63) is 35.9 Å². The topological polar surface area (TPSA) is 116 Å². The largest absolute Gasteiger partial charge is 0.462 e. The minimum atomic E-state index is -2.50. The Kier molecular flexibility index (Phi) is 5.93. The maximum absolute atomic E-state index is 12.7. The van der Waals surface area contributed by atoms with Crippen molar-refractivity contribution in [3.63, 3.8) is 0 Å². The van der Waals surface area contributed by atoms with Crippen LogP contribution in [0.25, 0.3) is 0 Å². The van der Waals surface area contributed by atoms with Gasteiger partial charge in [0, 0.05) is 5.75 Å². The molecular formula is C20H26N2O6S. The number of ether oxygens (including phenoxy) is 1. The zero-order chi connectivity index (χ0) is 21.4. The highest BCUT2D eigenvalue weighted by Gasteiger charge is 2.70. The van der Waals surface area contributed by atoms with Gasteiger partial charge in [0.15, 0.2) is 0 Å². The Morgan fingerprint density at radius 2 is 1.97 bits per heavy atom. The number of hydrogen-bond donors (Lipinski definition) is 3. The number of carbonyl (C=O) groups excluding carboxylic acids is 3. The Labute approximate surface area is 173 Å². The summed E-state index contributed by atoms with van der Waals surface area (Å²) in [4.78, 5) is 38.6. The highest BCUT2D eigenvalue weighted by Crippen LogP contribution is 2.47. The molecule has 2 fully saturated rings. The summed E-state index contributed by atoms with van der Waals surface area (Å²) in [6, 6.07) is 8.23. The van der Waals surface area contributed by atoms with Crippen molar-refractivity contribution in [1.82, 2.24) is 10.2 Å². The lowest BCUT2D eigenvalue weighted by atomic mass is 9.87. The van der Waals surface area contributed by atoms with E-state index in [1.54, 1.807) is 0 Å². The molecule has 2 amide bonds. The molecule has 29 heavy (non-hydrogen) atoms. The van der Waals surface area contributed by atoms with Gasteiger partial charge in [-0.05, 0) is 18.4 Å². The molecule has 0 saturated carbocycles. The average molecular weight is 423 g/mol. The van der Waals surface area contributed by atoms with E-state index in [-0.39, 0.29) is 30.6 Å². The number of hydrogen-bond acceptors (Lipinski definition) is 7. The molecule has 0 spiro atoms. The van der Waals surface area contributed by atoms with Crippen LogP contribution in [0.4, 0.5) is 0 Å². The number of benzene rings is 1. The fourth-order valence-electron chi connectivity index (χ4n) is 3.39. The van der Waals surface area contributed by atoms with Gasteiger partial charge < -0.3 is 20.3 Å². The predicted molar refractivity (Wildman–Crippen MR) is 107 cm³/mol. The predicted octanol–water partition coefficient (Wildman–Crippen LogP) is 0.268. The molecule has 2 aliphatic rings. The van der Waals surface area contributed by atoms with Crippen molar-refractivity contribution in [2.75, 3.05) is 12.4 Å². The summed E-state index contributed by atoms with van der Waals surface area (Å²) in [5.41, 5.74) is -3.59. The lowest BCUT2D eigenvalue weighted by Gasteiger charge is -2.59. The second kappa shape index (κ2) is 7.97. The quantitative estimate of drug-likeness (QED) is 0.445. The maximum Gasteiger partial charge on any atom is 0.363 e. The van der Waals surface area contributed by atoms with Gasteiger partial charge in [-0.1, -0.05) is 44.2 Å². The van der Waals surface area contributed by atoms with Gasteiger partial charge in [0.2, 0.25) is 5.91 Å². The molecule has 2 unspecified atom stereocenters. The van der Waals surface area contributed by atoms with Crippen LogP contribution in [-0.2, 0) is 25.5 Å². The van der Waals surface area contributed by atoms with E-state index in [4.69, 9.17) is 4.74 Å². The van der Waals surface area contributed by atoms with Crippen LogP contribution in [0.3, 0.4) is 0 Å². The van der Waals surface area contributed by atoms with Crippen molar-refractivity contribution in [1.29, 1.82) is 0 Å². The highest BCUT2D eigenvalue weighted by atomic mass is 32.2. The van der Waals surface area contributed by atoms with Crippen molar-refractivity contribution < 1.29 is 29.3 Å². The van der Waals surface area contributed by atoms with E-state index in [0.29, 0.717) is 0 Å². The number of amides is 2. The van der Waals surface area contributed by atoms with Crippen LogP contribution in [0, 0.1) is 5.92 Å². The molecule has 2 saturated heterocycles. The van der Waals surface area contributed by atoms with Gasteiger partial charge in [-0.15, -0.1) is 11.8 Å². The molecule has 0 bridgehead atoms. The Morgan fingerprint density at radius 3 is 2.59 bits per heavy atom. The van der Waals surface area contributed by atoms with Crippen molar-refractivity contribution in [2.45, 2.75) is 49.9 Å². The molecule has 8 nitrogen and oxygen atoms in total. The van der Waals surface area contributed by atoms with E-state index in [2.05, 4.69) is 5.32 Å². The number of nitrogens with one attached hydrogen (secondary N) is 1. The standard InChI is InChI=1S/C20H26N2O6S/c1-12(2)10-28-18(25)20(27)19(3,26)11-29-17-15(16(24)22(17)20)21-14(23)9-13-7-5-4-6-8-13/h4-8,12,15,17,26-27H,9-11H2,1-3H3,(H,21,23)/t15-,17-,19?,20?/m1/s1. The van der Waals surface area contributed by atoms with Gasteiger partial charge in [-0.25, -0.2) is 4.79 Å². The minimum absolute atomic E-state index is 0.000217. The van der Waals surface area contributed by atoms with E-state index in [1.165, 1.54) is 18.7 Å². The average Bonchev–Trinajstić information content (AvgIpc) is 2.66.